The van der Waals surface area contributed by atoms with Crippen LogP contribution in [0.4, 0.5) is 0 Å². The third kappa shape index (κ3) is 7.53. The zero-order valence-corrected chi connectivity index (χ0v) is 34.2. The molecule has 2 nitrogen and oxygen atoms in total. The Labute approximate surface area is 305 Å². The van der Waals surface area contributed by atoms with E-state index >= 15 is 0 Å². The van der Waals surface area contributed by atoms with Gasteiger partial charge >= 0.3 is 5.97 Å². The second kappa shape index (κ2) is 16.1. The molecule has 5 aliphatic carbocycles. The van der Waals surface area contributed by atoms with Gasteiger partial charge in [-0.05, 0) is 128 Å². The number of carbonyl (C=O) groups excluding carboxylic acids is 1. The highest BCUT2D eigenvalue weighted by atomic mass is 16.5. The first-order chi connectivity index (χ1) is 23.3. The third-order valence-electron chi connectivity index (χ3n) is 17.3. The number of hydrogen-bond acceptors (Lipinski definition) is 2. The molecule has 0 bridgehead atoms. The Balaban J connectivity index is 1.07. The maximum atomic E-state index is 13.2. The normalized spacial score (nSPS) is 37.9. The monoisotopic (exact) mass is 679 g/mol. The minimum absolute atomic E-state index is 0.0836. The summed E-state index contributed by atoms with van der Waals surface area (Å²) >= 11 is 0. The zero-order chi connectivity index (χ0) is 35.5. The highest BCUT2D eigenvalue weighted by Gasteiger charge is 2.82. The number of esters is 1. The minimum atomic E-state index is 0.0836. The standard InChI is InChI=1S/C47H82O2/c1-10-11-12-13-14-15-16-17-18-19-20-21-22-23-42(48)49-41-29-31-46-34-47(46)33-32-44(8)38(37(5)25-24-36(4)35(2)3)28-30-45(44,9)40(47)27-26-39(46)43(41,6)7/h35,37-41H,4,10-34H2,1-3,5-9H3/t37-,38+,39-,40-,41-,44-,45-,46+,47-/m1/s1. The highest BCUT2D eigenvalue weighted by Crippen LogP contribution is 2.89. The molecule has 0 N–H and O–H groups in total. The van der Waals surface area contributed by atoms with Gasteiger partial charge in [-0.2, -0.15) is 0 Å². The Kier molecular flexibility index (Phi) is 12.9. The summed E-state index contributed by atoms with van der Waals surface area (Å²) < 4.78 is 6.41. The summed E-state index contributed by atoms with van der Waals surface area (Å²) in [6.07, 6.45) is 33.1. The first-order valence-electron chi connectivity index (χ1n) is 22.2. The minimum Gasteiger partial charge on any atom is -0.462 e. The first-order valence-corrected chi connectivity index (χ1v) is 22.2. The molecule has 0 aromatic carbocycles. The molecule has 0 unspecified atom stereocenters. The predicted octanol–water partition coefficient (Wildman–Crippen LogP) is 14.4. The third-order valence-corrected chi connectivity index (χ3v) is 17.3. The van der Waals surface area contributed by atoms with Crippen LogP contribution in [-0.4, -0.2) is 12.1 Å². The molecule has 0 aromatic heterocycles. The first kappa shape index (κ1) is 39.4. The molecule has 5 rings (SSSR count). The van der Waals surface area contributed by atoms with Gasteiger partial charge in [-0.25, -0.2) is 0 Å². The van der Waals surface area contributed by atoms with Crippen molar-refractivity contribution in [2.24, 2.45) is 56.7 Å². The van der Waals surface area contributed by atoms with E-state index in [2.05, 4.69) is 62.0 Å². The predicted molar refractivity (Wildman–Crippen MR) is 209 cm³/mol. The van der Waals surface area contributed by atoms with Gasteiger partial charge in [0.15, 0.2) is 0 Å². The molecule has 2 spiro atoms. The van der Waals surface area contributed by atoms with Gasteiger partial charge in [0.25, 0.3) is 0 Å². The van der Waals surface area contributed by atoms with Crippen LogP contribution in [0.25, 0.3) is 0 Å². The molecule has 0 saturated heterocycles. The molecule has 5 fully saturated rings. The Morgan fingerprint density at radius 2 is 1.24 bits per heavy atom. The second-order valence-corrected chi connectivity index (χ2v) is 20.3. The van der Waals surface area contributed by atoms with Crippen molar-refractivity contribution >= 4 is 5.97 Å². The van der Waals surface area contributed by atoms with Crippen molar-refractivity contribution in [1.29, 1.82) is 0 Å². The van der Waals surface area contributed by atoms with Crippen LogP contribution >= 0.6 is 0 Å². The van der Waals surface area contributed by atoms with Crippen molar-refractivity contribution < 1.29 is 9.53 Å². The van der Waals surface area contributed by atoms with E-state index in [-0.39, 0.29) is 17.5 Å². The summed E-state index contributed by atoms with van der Waals surface area (Å²) in [4.78, 5) is 13.2. The van der Waals surface area contributed by atoms with Crippen LogP contribution in [0.15, 0.2) is 12.2 Å². The molecular weight excluding hydrogens is 597 g/mol. The van der Waals surface area contributed by atoms with E-state index in [0.29, 0.717) is 39.9 Å². The molecule has 9 atom stereocenters. The van der Waals surface area contributed by atoms with Crippen molar-refractivity contribution in [2.75, 3.05) is 0 Å². The summed E-state index contributed by atoms with van der Waals surface area (Å²) in [6.45, 7) is 24.4. The largest absolute Gasteiger partial charge is 0.462 e. The van der Waals surface area contributed by atoms with E-state index < -0.39 is 0 Å². The van der Waals surface area contributed by atoms with E-state index in [1.54, 1.807) is 0 Å². The van der Waals surface area contributed by atoms with Crippen LogP contribution < -0.4 is 0 Å². The van der Waals surface area contributed by atoms with Crippen LogP contribution in [0.3, 0.4) is 0 Å². The van der Waals surface area contributed by atoms with Crippen LogP contribution in [0, 0.1) is 56.7 Å². The Hall–Kier alpha value is -0.790. The van der Waals surface area contributed by atoms with Crippen LogP contribution in [0.5, 0.6) is 0 Å². The number of ether oxygens (including phenoxy) is 1. The molecule has 0 heterocycles. The zero-order valence-electron chi connectivity index (χ0n) is 34.2. The van der Waals surface area contributed by atoms with Gasteiger partial charge in [0.1, 0.15) is 6.10 Å². The van der Waals surface area contributed by atoms with Gasteiger partial charge in [0.2, 0.25) is 0 Å². The number of hydrogen-bond donors (Lipinski definition) is 0. The molecule has 5 aliphatic rings. The van der Waals surface area contributed by atoms with E-state index in [0.717, 1.165) is 30.6 Å². The number of unbranched alkanes of at least 4 members (excludes halogenated alkanes) is 12. The van der Waals surface area contributed by atoms with Crippen LogP contribution in [-0.2, 0) is 9.53 Å². The molecule has 5 saturated carbocycles. The SMILES string of the molecule is C=C(CC[C@@H](C)[C@@H]1CC[C@]2(C)[C@H]3CC[C@@H]4C(C)(C)[C@H](OC(=O)CCCCCCCCCCCCCCC)CC[C@]45C[C@]35CC[C@]12C)C(C)C. The maximum Gasteiger partial charge on any atom is 0.306 e. The molecule has 282 valence electrons. The van der Waals surface area contributed by atoms with Crippen molar-refractivity contribution in [3.63, 3.8) is 0 Å². The lowest BCUT2D eigenvalue weighted by molar-refractivity contribution is -0.183. The Morgan fingerprint density at radius 3 is 1.86 bits per heavy atom. The van der Waals surface area contributed by atoms with Crippen molar-refractivity contribution in [2.45, 2.75) is 222 Å². The lowest BCUT2D eigenvalue weighted by atomic mass is 9.41. The van der Waals surface area contributed by atoms with Gasteiger partial charge in [-0.15, -0.1) is 0 Å². The maximum absolute atomic E-state index is 13.2. The van der Waals surface area contributed by atoms with Gasteiger partial charge < -0.3 is 4.74 Å². The molecule has 2 heteroatoms. The highest BCUT2D eigenvalue weighted by molar-refractivity contribution is 5.69. The van der Waals surface area contributed by atoms with Gasteiger partial charge in [0.05, 0.1) is 0 Å². The quantitative estimate of drug-likeness (QED) is 0.0728. The average molecular weight is 679 g/mol. The van der Waals surface area contributed by atoms with E-state index in [1.165, 1.54) is 147 Å². The lowest BCUT2D eigenvalue weighted by Crippen LogP contribution is -2.58. The van der Waals surface area contributed by atoms with Crippen LogP contribution in [0.2, 0.25) is 0 Å². The fourth-order valence-corrected chi connectivity index (χ4v) is 13.9. The molecule has 49 heavy (non-hydrogen) atoms. The number of rotatable bonds is 20. The van der Waals surface area contributed by atoms with Gasteiger partial charge in [-0.1, -0.05) is 145 Å². The smallest absolute Gasteiger partial charge is 0.306 e. The van der Waals surface area contributed by atoms with Crippen molar-refractivity contribution in [1.82, 2.24) is 0 Å². The van der Waals surface area contributed by atoms with E-state index in [1.807, 2.05) is 0 Å². The topological polar surface area (TPSA) is 26.3 Å². The molecule has 0 aliphatic heterocycles. The average Bonchev–Trinajstić information content (AvgIpc) is 3.64. The number of carbonyl (C=O) groups is 1. The summed E-state index contributed by atoms with van der Waals surface area (Å²) in [5, 5.41) is 0. The summed E-state index contributed by atoms with van der Waals surface area (Å²) in [5.74, 6) is 3.96. The van der Waals surface area contributed by atoms with Crippen LogP contribution in [0.1, 0.15) is 216 Å². The van der Waals surface area contributed by atoms with Gasteiger partial charge in [0, 0.05) is 11.8 Å². The second-order valence-electron chi connectivity index (χ2n) is 20.3. The fraction of sp³-hybridized carbons (Fsp3) is 0.936. The summed E-state index contributed by atoms with van der Waals surface area (Å²) in [5.41, 5.74) is 3.58. The number of fused-ring (bicyclic) bond motifs is 2. The van der Waals surface area contributed by atoms with E-state index in [9.17, 15) is 4.79 Å². The molecule has 0 amide bonds. The van der Waals surface area contributed by atoms with Crippen molar-refractivity contribution in [3.8, 4) is 0 Å². The fourth-order valence-electron chi connectivity index (χ4n) is 13.9. The number of allylic oxidation sites excluding steroid dienone is 1. The lowest BCUT2D eigenvalue weighted by Gasteiger charge is -2.63. The molecular formula is C47H82O2. The summed E-state index contributed by atoms with van der Waals surface area (Å²) in [7, 11) is 0. The van der Waals surface area contributed by atoms with Gasteiger partial charge in [-0.3, -0.25) is 4.79 Å². The Morgan fingerprint density at radius 1 is 0.673 bits per heavy atom. The van der Waals surface area contributed by atoms with E-state index in [4.69, 9.17) is 4.74 Å². The van der Waals surface area contributed by atoms with Crippen molar-refractivity contribution in [3.05, 3.63) is 12.2 Å². The summed E-state index contributed by atoms with van der Waals surface area (Å²) in [6, 6.07) is 0. The molecule has 0 radical (unpaired) electrons. The Bertz CT molecular complexity index is 1100. The molecule has 0 aromatic rings.